The number of aliphatic hydroxyl groups is 11. The molecule has 17 nitrogen and oxygen atoms in total. The van der Waals surface area contributed by atoms with Crippen LogP contribution in [0.25, 0.3) is 0 Å². The third kappa shape index (κ3) is 8.93. The van der Waals surface area contributed by atoms with Crippen LogP contribution >= 0.6 is 0 Å². The summed E-state index contributed by atoms with van der Waals surface area (Å²) in [6.45, 7) is 9.36. The third-order valence-electron chi connectivity index (χ3n) is 12.8. The summed E-state index contributed by atoms with van der Waals surface area (Å²) in [5.74, 6) is 0.0787. The van der Waals surface area contributed by atoms with E-state index in [2.05, 4.69) is 13.5 Å². The number of fused-ring (bicyclic) bond motifs is 1. The number of hydrogen-bond donors (Lipinski definition) is 11. The molecule has 11 N–H and O–H groups in total. The van der Waals surface area contributed by atoms with Gasteiger partial charge in [-0.25, -0.2) is 0 Å². The summed E-state index contributed by atoms with van der Waals surface area (Å²) in [7, 11) is 0. The van der Waals surface area contributed by atoms with Crippen LogP contribution in [-0.2, 0) is 28.4 Å². The lowest BCUT2D eigenvalue weighted by Crippen LogP contribution is -2.62. The van der Waals surface area contributed by atoms with Gasteiger partial charge in [-0.15, -0.1) is 0 Å². The topological polar surface area (TPSA) is 278 Å². The van der Waals surface area contributed by atoms with E-state index in [0.717, 1.165) is 36.8 Å². The second-order valence-electron chi connectivity index (χ2n) is 16.4. The van der Waals surface area contributed by atoms with E-state index < -0.39 is 111 Å². The average molecular weight is 779 g/mol. The first-order chi connectivity index (χ1) is 25.4. The zero-order chi connectivity index (χ0) is 39.7. The summed E-state index contributed by atoms with van der Waals surface area (Å²) in [4.78, 5) is 0. The molecule has 0 bridgehead atoms. The Labute approximate surface area is 315 Å². The largest absolute Gasteiger partial charge is 0.394 e. The maximum Gasteiger partial charge on any atom is 0.187 e. The summed E-state index contributed by atoms with van der Waals surface area (Å²) in [6.07, 6.45) is -14.7. The molecule has 0 aromatic heterocycles. The molecule has 17 heteroatoms. The highest BCUT2D eigenvalue weighted by molar-refractivity contribution is 5.18. The molecule has 312 valence electrons. The van der Waals surface area contributed by atoms with E-state index >= 15 is 0 Å². The Balaban J connectivity index is 1.19. The minimum atomic E-state index is -1.67. The predicted molar refractivity (Wildman–Crippen MR) is 186 cm³/mol. The maximum atomic E-state index is 11.5. The van der Waals surface area contributed by atoms with Crippen molar-refractivity contribution in [3.05, 3.63) is 23.8 Å². The summed E-state index contributed by atoms with van der Waals surface area (Å²) < 4.78 is 33.9. The SMILES string of the molecule is C=C1CC[C@@H]2[C@@](C)(CO[C@@H]3O[C@H](CO[C@@H]4OC[C@H](O)[C@H](O)[C@H]4O)[C@@H](O)[C@H](O)[C@H]3O)[C@H](O)CC[C@@]2(C)[C@@H]1CC/C(C)=C/CO[C@@H]1O[C@H](CO)[C@@H](O)[C@H](O)[C@H]1O. The van der Waals surface area contributed by atoms with Crippen molar-refractivity contribution in [2.45, 2.75) is 151 Å². The number of hydrogen-bond acceptors (Lipinski definition) is 17. The molecule has 3 heterocycles. The van der Waals surface area contributed by atoms with Crippen molar-refractivity contribution >= 4 is 0 Å². The van der Waals surface area contributed by atoms with Gasteiger partial charge in [0.05, 0.1) is 39.1 Å². The summed E-state index contributed by atoms with van der Waals surface area (Å²) in [6, 6.07) is 0. The number of rotatable bonds is 13. The van der Waals surface area contributed by atoms with Crippen LogP contribution in [0.1, 0.15) is 59.3 Å². The smallest absolute Gasteiger partial charge is 0.187 e. The van der Waals surface area contributed by atoms with Gasteiger partial charge in [-0.3, -0.25) is 0 Å². The van der Waals surface area contributed by atoms with E-state index in [9.17, 15) is 56.2 Å². The van der Waals surface area contributed by atoms with Crippen LogP contribution in [0.3, 0.4) is 0 Å². The van der Waals surface area contributed by atoms with Gasteiger partial charge in [0.25, 0.3) is 0 Å². The molecule has 2 saturated carbocycles. The van der Waals surface area contributed by atoms with Gasteiger partial charge >= 0.3 is 0 Å². The van der Waals surface area contributed by atoms with Crippen molar-refractivity contribution in [3.8, 4) is 0 Å². The Morgan fingerprint density at radius 1 is 0.778 bits per heavy atom. The number of ether oxygens (including phenoxy) is 6. The fraction of sp³-hybridized carbons (Fsp3) is 0.892. The van der Waals surface area contributed by atoms with Gasteiger partial charge in [0, 0.05) is 5.41 Å². The lowest BCUT2D eigenvalue weighted by molar-refractivity contribution is -0.328. The van der Waals surface area contributed by atoms with Crippen molar-refractivity contribution < 1.29 is 84.6 Å². The van der Waals surface area contributed by atoms with Crippen LogP contribution in [0, 0.1) is 22.7 Å². The van der Waals surface area contributed by atoms with E-state index in [-0.39, 0.29) is 37.1 Å². The quantitative estimate of drug-likeness (QED) is 0.0867. The van der Waals surface area contributed by atoms with Crippen molar-refractivity contribution in [2.75, 3.05) is 33.0 Å². The molecule has 0 unspecified atom stereocenters. The lowest BCUT2D eigenvalue weighted by atomic mass is 9.46. The molecule has 2 aliphatic carbocycles. The second kappa shape index (κ2) is 18.2. The highest BCUT2D eigenvalue weighted by Gasteiger charge is 2.58. The fourth-order valence-corrected chi connectivity index (χ4v) is 9.25. The van der Waals surface area contributed by atoms with Gasteiger partial charge in [0.2, 0.25) is 0 Å². The minimum absolute atomic E-state index is 0.0230. The van der Waals surface area contributed by atoms with Gasteiger partial charge in [0.15, 0.2) is 18.9 Å². The van der Waals surface area contributed by atoms with Crippen LogP contribution in [0.2, 0.25) is 0 Å². The lowest BCUT2D eigenvalue weighted by Gasteiger charge is -2.60. The molecule has 5 rings (SSSR count). The van der Waals surface area contributed by atoms with Gasteiger partial charge in [0.1, 0.15) is 67.1 Å². The standard InChI is InChI=1S/C37H62O17/c1-17(10-12-49-34-31(47)28(44)26(42)21(13-38)53-34)5-7-19-18(2)6-8-23-36(19,3)11-9-24(40)37(23,4)16-52-35-32(48)29(45)27(43)22(54-35)15-51-33-30(46)25(41)20(39)14-50-33/h10,19-35,38-48H,2,5-9,11-16H2,1,3-4H3/b17-10+/t19-,20+,21-,22-,23+,24-,25+,26-,27-,28+,29+,30-,31-,32-,33+,34-,35-,36+,37-/m1/s1. The van der Waals surface area contributed by atoms with Crippen molar-refractivity contribution in [3.63, 3.8) is 0 Å². The third-order valence-corrected chi connectivity index (χ3v) is 12.8. The normalized spacial score (nSPS) is 49.1. The first-order valence-corrected chi connectivity index (χ1v) is 19.0. The molecule has 0 radical (unpaired) electrons. The highest BCUT2D eigenvalue weighted by atomic mass is 16.7. The van der Waals surface area contributed by atoms with Crippen LogP contribution in [0.15, 0.2) is 23.8 Å². The first-order valence-electron chi connectivity index (χ1n) is 19.0. The van der Waals surface area contributed by atoms with Crippen LogP contribution in [-0.4, -0.2) is 181 Å². The van der Waals surface area contributed by atoms with E-state index in [1.807, 2.05) is 19.9 Å². The van der Waals surface area contributed by atoms with Gasteiger partial charge < -0.3 is 84.6 Å². The predicted octanol–water partition coefficient (Wildman–Crippen LogP) is -2.44. The van der Waals surface area contributed by atoms with Crippen LogP contribution in [0.5, 0.6) is 0 Å². The van der Waals surface area contributed by atoms with Crippen LogP contribution in [0.4, 0.5) is 0 Å². The van der Waals surface area contributed by atoms with E-state index in [0.29, 0.717) is 12.8 Å². The fourth-order valence-electron chi connectivity index (χ4n) is 9.25. The highest BCUT2D eigenvalue weighted by Crippen LogP contribution is 2.62. The molecule has 3 saturated heterocycles. The van der Waals surface area contributed by atoms with E-state index in [1.165, 1.54) is 0 Å². The Bertz CT molecular complexity index is 1270. The zero-order valence-corrected chi connectivity index (χ0v) is 31.2. The number of allylic oxidation sites excluding steroid dienone is 2. The molecule has 19 atom stereocenters. The Kier molecular flexibility index (Phi) is 14.8. The monoisotopic (exact) mass is 778 g/mol. The summed E-state index contributed by atoms with van der Waals surface area (Å²) in [5, 5.41) is 113. The van der Waals surface area contributed by atoms with E-state index in [4.69, 9.17) is 28.4 Å². The number of aliphatic hydroxyl groups excluding tert-OH is 11. The molecule has 0 aromatic carbocycles. The second-order valence-corrected chi connectivity index (χ2v) is 16.4. The van der Waals surface area contributed by atoms with E-state index in [1.54, 1.807) is 0 Å². The minimum Gasteiger partial charge on any atom is -0.394 e. The summed E-state index contributed by atoms with van der Waals surface area (Å²) in [5.41, 5.74) is 1.08. The average Bonchev–Trinajstić information content (AvgIpc) is 3.14. The molecular weight excluding hydrogens is 716 g/mol. The maximum absolute atomic E-state index is 11.5. The molecule has 5 aliphatic rings. The summed E-state index contributed by atoms with van der Waals surface area (Å²) >= 11 is 0. The van der Waals surface area contributed by atoms with Crippen molar-refractivity contribution in [2.24, 2.45) is 22.7 Å². The van der Waals surface area contributed by atoms with Gasteiger partial charge in [-0.05, 0) is 62.7 Å². The molecule has 0 spiro atoms. The molecule has 5 fully saturated rings. The van der Waals surface area contributed by atoms with Gasteiger partial charge in [-0.1, -0.05) is 37.6 Å². The van der Waals surface area contributed by atoms with Crippen molar-refractivity contribution in [1.82, 2.24) is 0 Å². The molecule has 3 aliphatic heterocycles. The molecular formula is C37H62O17. The molecule has 54 heavy (non-hydrogen) atoms. The first kappa shape index (κ1) is 43.9. The molecule has 0 amide bonds. The Morgan fingerprint density at radius 3 is 2.06 bits per heavy atom. The van der Waals surface area contributed by atoms with Crippen LogP contribution < -0.4 is 0 Å². The Morgan fingerprint density at radius 2 is 1.39 bits per heavy atom. The molecule has 0 aromatic rings. The zero-order valence-electron chi connectivity index (χ0n) is 31.2. The van der Waals surface area contributed by atoms with Gasteiger partial charge in [-0.2, -0.15) is 0 Å². The Hall–Kier alpha value is -1.20. The van der Waals surface area contributed by atoms with Crippen molar-refractivity contribution in [1.29, 1.82) is 0 Å².